The number of unbranched alkanes of at least 4 members (excludes halogenated alkanes) is 1. The largest absolute Gasteiger partial charge is 0.334 e. The van der Waals surface area contributed by atoms with E-state index in [9.17, 15) is 4.79 Å². The lowest BCUT2D eigenvalue weighted by atomic mass is 10.00. The number of aromatic nitrogens is 8. The number of aromatic amines is 1. The topological polar surface area (TPSA) is 99.2 Å². The second kappa shape index (κ2) is 10.8. The molecule has 0 saturated heterocycles. The molecule has 190 valence electrons. The molecule has 0 aliphatic rings. The number of imidazole rings is 1. The zero-order valence-corrected chi connectivity index (χ0v) is 21.6. The third kappa shape index (κ3) is 4.89. The molecule has 0 fully saturated rings. The highest BCUT2D eigenvalue weighted by Gasteiger charge is 2.18. The van der Waals surface area contributed by atoms with Crippen LogP contribution >= 0.6 is 0 Å². The van der Waals surface area contributed by atoms with E-state index in [0.717, 1.165) is 71.6 Å². The Morgan fingerprint density at radius 2 is 1.81 bits per heavy atom. The summed E-state index contributed by atoms with van der Waals surface area (Å²) in [5.74, 6) is 1.50. The Balaban J connectivity index is 1.54. The van der Waals surface area contributed by atoms with Gasteiger partial charge in [0.15, 0.2) is 0 Å². The smallest absolute Gasteiger partial charge is 0.334 e. The van der Waals surface area contributed by atoms with E-state index in [2.05, 4.69) is 63.2 Å². The summed E-state index contributed by atoms with van der Waals surface area (Å²) in [4.78, 5) is 18.3. The van der Waals surface area contributed by atoms with Crippen LogP contribution in [0.4, 0.5) is 0 Å². The number of nitrogens with zero attached hydrogens (tertiary/aromatic N) is 7. The van der Waals surface area contributed by atoms with Crippen molar-refractivity contribution < 1.29 is 0 Å². The summed E-state index contributed by atoms with van der Waals surface area (Å²) < 4.78 is 5.91. The summed E-state index contributed by atoms with van der Waals surface area (Å²) in [6, 6.07) is 12.1. The molecule has 5 aromatic rings. The summed E-state index contributed by atoms with van der Waals surface area (Å²) >= 11 is 0. The molecule has 0 atom stereocenters. The Morgan fingerprint density at radius 1 is 1.00 bits per heavy atom. The number of benzene rings is 1. The first kappa shape index (κ1) is 24.4. The fourth-order valence-electron chi connectivity index (χ4n) is 4.82. The molecule has 0 saturated carbocycles. The molecule has 5 rings (SSSR count). The molecule has 9 heteroatoms. The van der Waals surface area contributed by atoms with Gasteiger partial charge < -0.3 is 4.57 Å². The van der Waals surface area contributed by atoms with Crippen LogP contribution in [-0.4, -0.2) is 39.3 Å². The van der Waals surface area contributed by atoms with Gasteiger partial charge in [-0.1, -0.05) is 44.5 Å². The van der Waals surface area contributed by atoms with Crippen LogP contribution in [0.1, 0.15) is 49.9 Å². The van der Waals surface area contributed by atoms with Gasteiger partial charge in [-0.25, -0.2) is 4.79 Å². The summed E-state index contributed by atoms with van der Waals surface area (Å²) in [7, 11) is 0. The second-order valence-electron chi connectivity index (χ2n) is 9.32. The maximum Gasteiger partial charge on any atom is 0.334 e. The Hall–Kier alpha value is -4.27. The highest BCUT2D eigenvalue weighted by atomic mass is 16.1. The van der Waals surface area contributed by atoms with Crippen molar-refractivity contribution in [1.29, 1.82) is 0 Å². The van der Waals surface area contributed by atoms with Gasteiger partial charge in [0.05, 0.1) is 6.54 Å². The highest BCUT2D eigenvalue weighted by Crippen LogP contribution is 2.26. The highest BCUT2D eigenvalue weighted by molar-refractivity contribution is 5.69. The molecule has 0 radical (unpaired) electrons. The first-order valence-electron chi connectivity index (χ1n) is 12.8. The van der Waals surface area contributed by atoms with Crippen LogP contribution in [0.25, 0.3) is 28.3 Å². The van der Waals surface area contributed by atoms with Gasteiger partial charge in [-0.05, 0) is 65.8 Å². The molecule has 4 heterocycles. The van der Waals surface area contributed by atoms with Crippen molar-refractivity contribution in [3.05, 3.63) is 88.5 Å². The molecule has 9 nitrogen and oxygen atoms in total. The zero-order valence-electron chi connectivity index (χ0n) is 21.6. The Labute approximate surface area is 215 Å². The maximum atomic E-state index is 13.9. The summed E-state index contributed by atoms with van der Waals surface area (Å²) in [6.07, 6.45) is 11.7. The van der Waals surface area contributed by atoms with Crippen LogP contribution in [-0.2, 0) is 19.5 Å². The molecule has 1 N–H and O–H groups in total. The van der Waals surface area contributed by atoms with Crippen molar-refractivity contribution in [2.24, 2.45) is 0 Å². The van der Waals surface area contributed by atoms with Crippen LogP contribution in [0.15, 0.2) is 66.0 Å². The van der Waals surface area contributed by atoms with Gasteiger partial charge in [-0.15, -0.1) is 10.2 Å². The van der Waals surface area contributed by atoms with Crippen molar-refractivity contribution in [3.63, 3.8) is 0 Å². The summed E-state index contributed by atoms with van der Waals surface area (Å²) in [5.41, 5.74) is 6.08. The van der Waals surface area contributed by atoms with Gasteiger partial charge in [0, 0.05) is 42.6 Å². The monoisotopic (exact) mass is 496 g/mol. The van der Waals surface area contributed by atoms with Gasteiger partial charge in [0.2, 0.25) is 5.82 Å². The molecule has 0 aliphatic heterocycles. The predicted octanol–water partition coefficient (Wildman–Crippen LogP) is 4.79. The number of tetrazole rings is 1. The van der Waals surface area contributed by atoms with Crippen LogP contribution in [0.5, 0.6) is 0 Å². The van der Waals surface area contributed by atoms with Crippen molar-refractivity contribution in [2.45, 2.75) is 59.5 Å². The lowest BCUT2D eigenvalue weighted by molar-refractivity contribution is 0.643. The van der Waals surface area contributed by atoms with E-state index in [1.165, 1.54) is 0 Å². The van der Waals surface area contributed by atoms with Crippen molar-refractivity contribution in [1.82, 2.24) is 39.3 Å². The lowest BCUT2D eigenvalue weighted by Gasteiger charge is -2.12. The van der Waals surface area contributed by atoms with Crippen molar-refractivity contribution in [3.8, 4) is 28.3 Å². The van der Waals surface area contributed by atoms with E-state index in [-0.39, 0.29) is 5.69 Å². The fraction of sp³-hybridized carbons (Fsp3) is 0.321. The number of nitrogens with one attached hydrogen (secondary N) is 1. The number of pyridine rings is 1. The average molecular weight is 497 g/mol. The van der Waals surface area contributed by atoms with Gasteiger partial charge in [0.1, 0.15) is 5.82 Å². The van der Waals surface area contributed by atoms with Crippen molar-refractivity contribution in [2.75, 3.05) is 0 Å². The minimum atomic E-state index is -0.0208. The molecule has 0 spiro atoms. The molecular formula is C28H32N8O. The van der Waals surface area contributed by atoms with Crippen molar-refractivity contribution >= 4 is 0 Å². The average Bonchev–Trinajstić information content (AvgIpc) is 3.65. The Kier molecular flexibility index (Phi) is 7.11. The minimum absolute atomic E-state index is 0.0208. The summed E-state index contributed by atoms with van der Waals surface area (Å²) in [6.45, 7) is 7.71. The van der Waals surface area contributed by atoms with Gasteiger partial charge >= 0.3 is 5.69 Å². The molecular weight excluding hydrogens is 464 g/mol. The van der Waals surface area contributed by atoms with Gasteiger partial charge in [0.25, 0.3) is 0 Å². The SMILES string of the molecule is CCCCc1cn(-c2c(C)ccn2CCC)c(=O)n1Cc1cnccc1-c1ccc(-c2nn[nH]n2)cc1. The number of hydrogen-bond donors (Lipinski definition) is 1. The molecule has 0 amide bonds. The van der Waals surface area contributed by atoms with Crippen LogP contribution in [0, 0.1) is 6.92 Å². The first-order valence-corrected chi connectivity index (χ1v) is 12.8. The third-order valence-electron chi connectivity index (χ3n) is 6.70. The van der Waals surface area contributed by atoms with E-state index in [1.54, 1.807) is 6.20 Å². The Morgan fingerprint density at radius 3 is 2.54 bits per heavy atom. The molecule has 0 unspecified atom stereocenters. The maximum absolute atomic E-state index is 13.9. The lowest BCUT2D eigenvalue weighted by Crippen LogP contribution is -2.26. The number of H-pyrrole nitrogens is 1. The Bertz CT molecular complexity index is 1520. The third-order valence-corrected chi connectivity index (χ3v) is 6.70. The van der Waals surface area contributed by atoms with Gasteiger partial charge in [-0.3, -0.25) is 14.1 Å². The number of aryl methyl sites for hydroxylation is 3. The van der Waals surface area contributed by atoms with Crippen LogP contribution in [0.2, 0.25) is 0 Å². The fourth-order valence-corrected chi connectivity index (χ4v) is 4.82. The first-order chi connectivity index (χ1) is 18.1. The summed E-state index contributed by atoms with van der Waals surface area (Å²) in [5, 5.41) is 14.2. The number of hydrogen-bond acceptors (Lipinski definition) is 5. The normalized spacial score (nSPS) is 11.3. The molecule has 4 aromatic heterocycles. The zero-order chi connectivity index (χ0) is 25.8. The molecule has 0 aliphatic carbocycles. The van der Waals surface area contributed by atoms with Gasteiger partial charge in [-0.2, -0.15) is 5.21 Å². The minimum Gasteiger partial charge on any atom is -0.334 e. The molecule has 0 bridgehead atoms. The number of rotatable bonds is 10. The standard InChI is InChI=1S/C28H32N8O/c1-4-6-7-24-19-36(27-20(3)13-16-34(27)15-5-2)28(37)35(24)18-23-17-29-14-12-25(23)21-8-10-22(11-9-21)26-30-32-33-31-26/h8-14,16-17,19H,4-7,15,18H2,1-3H3,(H,30,31,32,33). The second-order valence-corrected chi connectivity index (χ2v) is 9.32. The quantitative estimate of drug-likeness (QED) is 0.300. The van der Waals surface area contributed by atoms with E-state index in [1.807, 2.05) is 51.9 Å². The van der Waals surface area contributed by atoms with E-state index >= 15 is 0 Å². The predicted molar refractivity (Wildman–Crippen MR) is 144 cm³/mol. The van der Waals surface area contributed by atoms with Crippen LogP contribution < -0.4 is 5.69 Å². The van der Waals surface area contributed by atoms with E-state index in [4.69, 9.17) is 0 Å². The van der Waals surface area contributed by atoms with E-state index < -0.39 is 0 Å². The van der Waals surface area contributed by atoms with Crippen LogP contribution in [0.3, 0.4) is 0 Å². The molecule has 1 aromatic carbocycles. The molecule has 37 heavy (non-hydrogen) atoms. The van der Waals surface area contributed by atoms with E-state index in [0.29, 0.717) is 12.4 Å².